The first-order chi connectivity index (χ1) is 10.9. The maximum atomic E-state index is 11.3. The Morgan fingerprint density at radius 1 is 1.26 bits per heavy atom. The van der Waals surface area contributed by atoms with E-state index in [1.54, 1.807) is 6.92 Å². The molecular weight excluding hydrogens is 294 g/mol. The van der Waals surface area contributed by atoms with Crippen LogP contribution in [0.15, 0.2) is 24.3 Å². The highest BCUT2D eigenvalue weighted by Crippen LogP contribution is 2.17. The molecule has 23 heavy (non-hydrogen) atoms. The van der Waals surface area contributed by atoms with Gasteiger partial charge in [0, 0.05) is 6.42 Å². The Balaban J connectivity index is 2.39. The van der Waals surface area contributed by atoms with E-state index in [9.17, 15) is 9.90 Å². The van der Waals surface area contributed by atoms with Gasteiger partial charge in [0.2, 0.25) is 0 Å². The number of benzene rings is 1. The Labute approximate surface area is 138 Å². The first kappa shape index (κ1) is 19.5. The largest absolute Gasteiger partial charge is 0.473 e. The maximum Gasteiger partial charge on any atom is 0.305 e. The standard InChI is InChI=1S/C18H29NO4/c1-4-22-17(21)7-5-6-14-8-10-15(11-9-14)23-18(19)16(20)12-13(2)3/h8-11,13,16,18,20H,4-7,12,19H2,1-3H3. The number of aryl methyl sites for hydroxylation is 1. The Hall–Kier alpha value is -1.59. The number of ether oxygens (including phenoxy) is 2. The molecule has 3 N–H and O–H groups in total. The Morgan fingerprint density at radius 3 is 2.48 bits per heavy atom. The number of carbonyl (C=O) groups excluding carboxylic acids is 1. The van der Waals surface area contributed by atoms with Crippen LogP contribution in [0.3, 0.4) is 0 Å². The van der Waals surface area contributed by atoms with Crippen molar-refractivity contribution in [1.29, 1.82) is 0 Å². The number of hydrogen-bond donors (Lipinski definition) is 2. The van der Waals surface area contributed by atoms with Gasteiger partial charge in [-0.05, 0) is 49.8 Å². The van der Waals surface area contributed by atoms with Gasteiger partial charge in [0.15, 0.2) is 6.23 Å². The molecule has 0 aliphatic rings. The summed E-state index contributed by atoms with van der Waals surface area (Å²) in [6.07, 6.45) is 1.18. The van der Waals surface area contributed by atoms with Gasteiger partial charge < -0.3 is 14.6 Å². The molecule has 0 saturated heterocycles. The zero-order valence-electron chi connectivity index (χ0n) is 14.3. The fourth-order valence-corrected chi connectivity index (χ4v) is 2.26. The number of aliphatic hydroxyl groups is 1. The molecular formula is C18H29NO4. The third-order valence-electron chi connectivity index (χ3n) is 3.44. The third-order valence-corrected chi connectivity index (χ3v) is 3.44. The van der Waals surface area contributed by atoms with Gasteiger partial charge >= 0.3 is 5.97 Å². The Morgan fingerprint density at radius 2 is 1.91 bits per heavy atom. The number of aliphatic hydroxyl groups excluding tert-OH is 1. The van der Waals surface area contributed by atoms with E-state index < -0.39 is 12.3 Å². The van der Waals surface area contributed by atoms with Gasteiger partial charge in [-0.25, -0.2) is 0 Å². The van der Waals surface area contributed by atoms with Crippen LogP contribution in [-0.2, 0) is 16.0 Å². The summed E-state index contributed by atoms with van der Waals surface area (Å²) >= 11 is 0. The molecule has 0 spiro atoms. The topological polar surface area (TPSA) is 81.8 Å². The van der Waals surface area contributed by atoms with Gasteiger partial charge in [0.25, 0.3) is 0 Å². The van der Waals surface area contributed by atoms with E-state index in [0.29, 0.717) is 31.1 Å². The van der Waals surface area contributed by atoms with E-state index in [4.69, 9.17) is 15.2 Å². The van der Waals surface area contributed by atoms with Crippen molar-refractivity contribution >= 4 is 5.97 Å². The molecule has 0 radical (unpaired) electrons. The normalized spacial score (nSPS) is 13.7. The molecule has 2 unspecified atom stereocenters. The van der Waals surface area contributed by atoms with Crippen molar-refractivity contribution < 1.29 is 19.4 Å². The molecule has 5 heteroatoms. The Bertz CT molecular complexity index is 459. The van der Waals surface area contributed by atoms with Crippen LogP contribution in [-0.4, -0.2) is 30.0 Å². The van der Waals surface area contributed by atoms with E-state index >= 15 is 0 Å². The number of nitrogens with two attached hydrogens (primary N) is 1. The lowest BCUT2D eigenvalue weighted by Gasteiger charge is -2.21. The lowest BCUT2D eigenvalue weighted by atomic mass is 10.1. The lowest BCUT2D eigenvalue weighted by Crippen LogP contribution is -2.40. The number of carbonyl (C=O) groups is 1. The SMILES string of the molecule is CCOC(=O)CCCc1ccc(OC(N)C(O)CC(C)C)cc1. The van der Waals surface area contributed by atoms with Gasteiger partial charge in [0.1, 0.15) is 11.9 Å². The van der Waals surface area contributed by atoms with Crippen LogP contribution in [0.25, 0.3) is 0 Å². The van der Waals surface area contributed by atoms with Crippen LogP contribution in [0.4, 0.5) is 0 Å². The van der Waals surface area contributed by atoms with Crippen molar-refractivity contribution in [2.24, 2.45) is 11.7 Å². The van der Waals surface area contributed by atoms with Crippen molar-refractivity contribution in [2.45, 2.75) is 58.8 Å². The van der Waals surface area contributed by atoms with E-state index in [0.717, 1.165) is 18.4 Å². The number of esters is 1. The van der Waals surface area contributed by atoms with E-state index in [2.05, 4.69) is 0 Å². The summed E-state index contributed by atoms with van der Waals surface area (Å²) in [5.74, 6) is 0.841. The predicted octanol–water partition coefficient (Wildman–Crippen LogP) is 2.64. The molecule has 0 heterocycles. The first-order valence-electron chi connectivity index (χ1n) is 8.27. The van der Waals surface area contributed by atoms with Gasteiger partial charge in [-0.3, -0.25) is 10.5 Å². The molecule has 1 rings (SSSR count). The van der Waals surface area contributed by atoms with E-state index in [1.807, 2.05) is 38.1 Å². The molecule has 1 aromatic rings. The minimum atomic E-state index is -0.730. The monoisotopic (exact) mass is 323 g/mol. The third kappa shape index (κ3) is 8.00. The highest BCUT2D eigenvalue weighted by molar-refractivity contribution is 5.69. The van der Waals surface area contributed by atoms with E-state index in [-0.39, 0.29) is 5.97 Å². The first-order valence-corrected chi connectivity index (χ1v) is 8.27. The van der Waals surface area contributed by atoms with Crippen molar-refractivity contribution in [3.8, 4) is 5.75 Å². The van der Waals surface area contributed by atoms with Crippen LogP contribution < -0.4 is 10.5 Å². The van der Waals surface area contributed by atoms with Gasteiger partial charge in [-0.15, -0.1) is 0 Å². The van der Waals surface area contributed by atoms with Crippen LogP contribution in [0.2, 0.25) is 0 Å². The summed E-state index contributed by atoms with van der Waals surface area (Å²) in [6, 6.07) is 7.56. The molecule has 0 amide bonds. The summed E-state index contributed by atoms with van der Waals surface area (Å²) in [5.41, 5.74) is 6.98. The van der Waals surface area contributed by atoms with Gasteiger partial charge in [-0.2, -0.15) is 0 Å². The predicted molar refractivity (Wildman–Crippen MR) is 90.1 cm³/mol. The summed E-state index contributed by atoms with van der Waals surface area (Å²) in [5, 5.41) is 9.92. The smallest absolute Gasteiger partial charge is 0.305 e. The number of rotatable bonds is 10. The molecule has 0 fully saturated rings. The van der Waals surface area contributed by atoms with Crippen LogP contribution in [0.1, 0.15) is 45.6 Å². The molecule has 0 aliphatic heterocycles. The van der Waals surface area contributed by atoms with Crippen LogP contribution >= 0.6 is 0 Å². The number of hydrogen-bond acceptors (Lipinski definition) is 5. The second-order valence-electron chi connectivity index (χ2n) is 6.08. The molecule has 0 aromatic heterocycles. The molecule has 0 aliphatic carbocycles. The average Bonchev–Trinajstić information content (AvgIpc) is 2.48. The summed E-state index contributed by atoms with van der Waals surface area (Å²) in [4.78, 5) is 11.3. The molecule has 2 atom stereocenters. The summed E-state index contributed by atoms with van der Waals surface area (Å²) < 4.78 is 10.5. The second-order valence-corrected chi connectivity index (χ2v) is 6.08. The summed E-state index contributed by atoms with van der Waals surface area (Å²) in [7, 11) is 0. The molecule has 5 nitrogen and oxygen atoms in total. The van der Waals surface area contributed by atoms with Gasteiger partial charge in [0.05, 0.1) is 6.61 Å². The molecule has 1 aromatic carbocycles. The minimum absolute atomic E-state index is 0.155. The molecule has 0 bridgehead atoms. The van der Waals surface area contributed by atoms with Crippen LogP contribution in [0, 0.1) is 5.92 Å². The quantitative estimate of drug-likeness (QED) is 0.511. The van der Waals surface area contributed by atoms with Crippen LogP contribution in [0.5, 0.6) is 5.75 Å². The van der Waals surface area contributed by atoms with Crippen molar-refractivity contribution in [1.82, 2.24) is 0 Å². The van der Waals surface area contributed by atoms with Crippen molar-refractivity contribution in [3.05, 3.63) is 29.8 Å². The highest BCUT2D eigenvalue weighted by Gasteiger charge is 2.17. The highest BCUT2D eigenvalue weighted by atomic mass is 16.5. The maximum absolute atomic E-state index is 11.3. The zero-order valence-corrected chi connectivity index (χ0v) is 14.3. The molecule has 130 valence electrons. The average molecular weight is 323 g/mol. The fourth-order valence-electron chi connectivity index (χ4n) is 2.26. The lowest BCUT2D eigenvalue weighted by molar-refractivity contribution is -0.143. The Kier molecular flexibility index (Phi) is 8.66. The van der Waals surface area contributed by atoms with Crippen molar-refractivity contribution in [2.75, 3.05) is 6.61 Å². The molecule has 0 saturated carbocycles. The fraction of sp³-hybridized carbons (Fsp3) is 0.611. The zero-order chi connectivity index (χ0) is 17.2. The van der Waals surface area contributed by atoms with E-state index in [1.165, 1.54) is 0 Å². The van der Waals surface area contributed by atoms with Gasteiger partial charge in [-0.1, -0.05) is 26.0 Å². The van der Waals surface area contributed by atoms with Crippen molar-refractivity contribution in [3.63, 3.8) is 0 Å². The minimum Gasteiger partial charge on any atom is -0.473 e. The second kappa shape index (κ2) is 10.2. The summed E-state index contributed by atoms with van der Waals surface area (Å²) in [6.45, 7) is 6.29.